The Balaban J connectivity index is 2.63. The Morgan fingerprint density at radius 2 is 2.10 bits per heavy atom. The minimum Gasteiger partial charge on any atom is -0.469 e. The van der Waals surface area contributed by atoms with Gasteiger partial charge in [-0.1, -0.05) is 35.3 Å². The second-order valence-corrected chi connectivity index (χ2v) is 5.52. The van der Waals surface area contributed by atoms with Crippen molar-refractivity contribution in [3.05, 3.63) is 28.7 Å². The molecule has 0 spiro atoms. The second kappa shape index (κ2) is 9.39. The fourth-order valence-corrected chi connectivity index (χ4v) is 2.16. The first-order valence-corrected chi connectivity index (χ1v) is 7.74. The van der Waals surface area contributed by atoms with Crippen molar-refractivity contribution in [1.82, 2.24) is 4.90 Å². The standard InChI is InChI=1S/C15H21BrN2O3/c1-3-4-9-18(10-8-14(19)21-2)15(20)17-13-7-5-6-12(16)11-13/h5-7,11H,3-4,8-10H2,1-2H3,(H,17,20). The third kappa shape index (κ3) is 6.62. The van der Waals surface area contributed by atoms with E-state index in [1.807, 2.05) is 24.3 Å². The number of amides is 2. The molecule has 116 valence electrons. The van der Waals surface area contributed by atoms with Crippen molar-refractivity contribution in [3.63, 3.8) is 0 Å². The number of halogens is 1. The van der Waals surface area contributed by atoms with Gasteiger partial charge in [-0.15, -0.1) is 0 Å². The molecule has 0 fully saturated rings. The molecule has 0 saturated heterocycles. The summed E-state index contributed by atoms with van der Waals surface area (Å²) in [7, 11) is 1.35. The molecule has 0 bridgehead atoms. The van der Waals surface area contributed by atoms with E-state index in [9.17, 15) is 9.59 Å². The predicted molar refractivity (Wildman–Crippen MR) is 86.3 cm³/mol. The Bertz CT molecular complexity index is 480. The summed E-state index contributed by atoms with van der Waals surface area (Å²) in [6.07, 6.45) is 2.08. The van der Waals surface area contributed by atoms with Gasteiger partial charge in [0.15, 0.2) is 0 Å². The van der Waals surface area contributed by atoms with E-state index in [-0.39, 0.29) is 18.4 Å². The number of nitrogens with one attached hydrogen (secondary N) is 1. The SMILES string of the molecule is CCCCN(CCC(=O)OC)C(=O)Nc1cccc(Br)c1. The maximum absolute atomic E-state index is 12.3. The molecule has 0 heterocycles. The van der Waals surface area contributed by atoms with Gasteiger partial charge in [-0.25, -0.2) is 4.79 Å². The first-order valence-electron chi connectivity index (χ1n) is 6.95. The van der Waals surface area contributed by atoms with Crippen LogP contribution in [0.4, 0.5) is 10.5 Å². The number of rotatable bonds is 7. The average Bonchev–Trinajstić information content (AvgIpc) is 2.46. The van der Waals surface area contributed by atoms with E-state index in [1.54, 1.807) is 4.90 Å². The first kappa shape index (κ1) is 17.5. The van der Waals surface area contributed by atoms with E-state index >= 15 is 0 Å². The number of methoxy groups -OCH3 is 1. The number of unbranched alkanes of at least 4 members (excludes halogenated alkanes) is 1. The molecule has 6 heteroatoms. The van der Waals surface area contributed by atoms with Crippen molar-refractivity contribution in [1.29, 1.82) is 0 Å². The molecule has 0 aliphatic rings. The van der Waals surface area contributed by atoms with Crippen LogP contribution in [0.3, 0.4) is 0 Å². The van der Waals surface area contributed by atoms with Crippen LogP contribution in [-0.2, 0) is 9.53 Å². The Labute approximate surface area is 133 Å². The van der Waals surface area contributed by atoms with Crippen molar-refractivity contribution in [3.8, 4) is 0 Å². The quantitative estimate of drug-likeness (QED) is 0.758. The number of carbonyl (C=O) groups excluding carboxylic acids is 2. The van der Waals surface area contributed by atoms with E-state index in [0.717, 1.165) is 17.3 Å². The van der Waals surface area contributed by atoms with E-state index in [1.165, 1.54) is 7.11 Å². The van der Waals surface area contributed by atoms with Gasteiger partial charge < -0.3 is 15.0 Å². The van der Waals surface area contributed by atoms with Gasteiger partial charge in [0.05, 0.1) is 13.5 Å². The van der Waals surface area contributed by atoms with Crippen LogP contribution in [0, 0.1) is 0 Å². The minimum atomic E-state index is -0.313. The largest absolute Gasteiger partial charge is 0.469 e. The number of hydrogen-bond donors (Lipinski definition) is 1. The number of carbonyl (C=O) groups is 2. The van der Waals surface area contributed by atoms with Gasteiger partial charge in [0.25, 0.3) is 0 Å². The van der Waals surface area contributed by atoms with Gasteiger partial charge in [0.2, 0.25) is 0 Å². The number of benzene rings is 1. The Hall–Kier alpha value is -1.56. The number of anilines is 1. The second-order valence-electron chi connectivity index (χ2n) is 4.61. The van der Waals surface area contributed by atoms with Crippen LogP contribution in [-0.4, -0.2) is 37.1 Å². The van der Waals surface area contributed by atoms with Crippen molar-refractivity contribution in [2.75, 3.05) is 25.5 Å². The molecule has 2 amide bonds. The maximum atomic E-state index is 12.3. The third-order valence-corrected chi connectivity index (χ3v) is 3.45. The van der Waals surface area contributed by atoms with Crippen LogP contribution >= 0.6 is 15.9 Å². The summed E-state index contributed by atoms with van der Waals surface area (Å²) in [6.45, 7) is 3.03. The summed E-state index contributed by atoms with van der Waals surface area (Å²) in [5, 5.41) is 2.84. The van der Waals surface area contributed by atoms with Gasteiger partial charge in [-0.3, -0.25) is 4.79 Å². The van der Waals surface area contributed by atoms with Crippen molar-refractivity contribution < 1.29 is 14.3 Å². The molecule has 0 atom stereocenters. The topological polar surface area (TPSA) is 58.6 Å². The molecule has 0 saturated carbocycles. The smallest absolute Gasteiger partial charge is 0.321 e. The van der Waals surface area contributed by atoms with Crippen molar-refractivity contribution >= 4 is 33.6 Å². The molecule has 1 aromatic rings. The Kier molecular flexibility index (Phi) is 7.82. The minimum absolute atomic E-state index is 0.201. The maximum Gasteiger partial charge on any atom is 0.321 e. The monoisotopic (exact) mass is 356 g/mol. The molecule has 1 rings (SSSR count). The third-order valence-electron chi connectivity index (χ3n) is 2.96. The molecular formula is C15H21BrN2O3. The summed E-state index contributed by atoms with van der Waals surface area (Å²) in [6, 6.07) is 7.19. The average molecular weight is 357 g/mol. The van der Waals surface area contributed by atoms with Crippen LogP contribution in [0.5, 0.6) is 0 Å². The Morgan fingerprint density at radius 3 is 2.71 bits per heavy atom. The van der Waals surface area contributed by atoms with Gasteiger partial charge in [0, 0.05) is 23.2 Å². The van der Waals surface area contributed by atoms with E-state index in [2.05, 4.69) is 32.9 Å². The molecule has 0 radical (unpaired) electrons. The van der Waals surface area contributed by atoms with Crippen LogP contribution in [0.1, 0.15) is 26.2 Å². The summed E-state index contributed by atoms with van der Waals surface area (Å²) in [5.41, 5.74) is 0.717. The van der Waals surface area contributed by atoms with E-state index < -0.39 is 0 Å². The highest BCUT2D eigenvalue weighted by atomic mass is 79.9. The van der Waals surface area contributed by atoms with Gasteiger partial charge in [-0.2, -0.15) is 0 Å². The molecule has 1 aromatic carbocycles. The van der Waals surface area contributed by atoms with Gasteiger partial charge >= 0.3 is 12.0 Å². The summed E-state index contributed by atoms with van der Waals surface area (Å²) < 4.78 is 5.51. The zero-order valence-corrected chi connectivity index (χ0v) is 14.0. The number of urea groups is 1. The fourth-order valence-electron chi connectivity index (χ4n) is 1.76. The fraction of sp³-hybridized carbons (Fsp3) is 0.467. The number of nitrogens with zero attached hydrogens (tertiary/aromatic N) is 1. The summed E-state index contributed by atoms with van der Waals surface area (Å²) in [5.74, 6) is -0.313. The van der Waals surface area contributed by atoms with E-state index in [4.69, 9.17) is 0 Å². The highest BCUT2D eigenvalue weighted by molar-refractivity contribution is 9.10. The molecule has 21 heavy (non-hydrogen) atoms. The number of hydrogen-bond acceptors (Lipinski definition) is 3. The van der Waals surface area contributed by atoms with Crippen molar-refractivity contribution in [2.45, 2.75) is 26.2 Å². The van der Waals surface area contributed by atoms with Crippen LogP contribution in [0.2, 0.25) is 0 Å². The summed E-state index contributed by atoms with van der Waals surface area (Å²) >= 11 is 3.36. The highest BCUT2D eigenvalue weighted by Crippen LogP contribution is 2.16. The number of esters is 1. The van der Waals surface area contributed by atoms with E-state index in [0.29, 0.717) is 18.8 Å². The lowest BCUT2D eigenvalue weighted by molar-refractivity contribution is -0.140. The first-order chi connectivity index (χ1) is 10.1. The van der Waals surface area contributed by atoms with Crippen molar-refractivity contribution in [2.24, 2.45) is 0 Å². The highest BCUT2D eigenvalue weighted by Gasteiger charge is 2.15. The predicted octanol–water partition coefficient (Wildman–Crippen LogP) is 3.65. The van der Waals surface area contributed by atoms with Gasteiger partial charge in [-0.05, 0) is 24.6 Å². The molecule has 5 nitrogen and oxygen atoms in total. The van der Waals surface area contributed by atoms with Crippen LogP contribution < -0.4 is 5.32 Å². The van der Waals surface area contributed by atoms with Crippen LogP contribution in [0.15, 0.2) is 28.7 Å². The normalized spacial score (nSPS) is 10.0. The molecular weight excluding hydrogens is 336 g/mol. The lowest BCUT2D eigenvalue weighted by atomic mass is 10.3. The zero-order valence-electron chi connectivity index (χ0n) is 12.4. The zero-order chi connectivity index (χ0) is 15.7. The number of ether oxygens (including phenoxy) is 1. The summed E-state index contributed by atoms with van der Waals surface area (Å²) in [4.78, 5) is 25.1. The molecule has 0 aliphatic heterocycles. The lowest BCUT2D eigenvalue weighted by Gasteiger charge is -2.22. The molecule has 0 unspecified atom stereocenters. The van der Waals surface area contributed by atoms with Gasteiger partial charge in [0.1, 0.15) is 0 Å². The van der Waals surface area contributed by atoms with Crippen LogP contribution in [0.25, 0.3) is 0 Å². The Morgan fingerprint density at radius 1 is 1.33 bits per heavy atom. The molecule has 0 aliphatic carbocycles. The molecule has 0 aromatic heterocycles. The molecule has 1 N–H and O–H groups in total. The lowest BCUT2D eigenvalue weighted by Crippen LogP contribution is -2.37.